The average molecular weight is 162 g/mol. The van der Waals surface area contributed by atoms with Gasteiger partial charge in [0.05, 0.1) is 25.0 Å². The molecule has 0 aliphatic rings. The van der Waals surface area contributed by atoms with Gasteiger partial charge in [0.1, 0.15) is 0 Å². The van der Waals surface area contributed by atoms with Crippen molar-refractivity contribution in [2.24, 2.45) is 0 Å². The van der Waals surface area contributed by atoms with Gasteiger partial charge < -0.3 is 0 Å². The molecule has 1 heterocycles. The molecule has 0 N–H and O–H groups in total. The van der Waals surface area contributed by atoms with Gasteiger partial charge >= 0.3 is 0 Å². The lowest BCUT2D eigenvalue weighted by Gasteiger charge is -1.90. The summed E-state index contributed by atoms with van der Waals surface area (Å²) in [6, 6.07) is 4.13. The number of nitriles is 2. The van der Waals surface area contributed by atoms with E-state index >= 15 is 0 Å². The van der Waals surface area contributed by atoms with Crippen molar-refractivity contribution < 1.29 is 0 Å². The molecule has 54 valence electrons. The zero-order valence-electron chi connectivity index (χ0n) is 5.87. The number of rotatable bonds is 2. The number of hydrogen-bond donors (Lipinski definition) is 0. The van der Waals surface area contributed by atoms with Gasteiger partial charge in [-0.3, -0.25) is 0 Å². The van der Waals surface area contributed by atoms with Crippen LogP contribution in [0.2, 0.25) is 0 Å². The van der Waals surface area contributed by atoms with E-state index in [1.54, 1.807) is 11.3 Å². The Balaban J connectivity index is 2.82. The highest BCUT2D eigenvalue weighted by Crippen LogP contribution is 2.15. The highest BCUT2D eigenvalue weighted by molar-refractivity contribution is 7.08. The van der Waals surface area contributed by atoms with Crippen LogP contribution in [-0.4, -0.2) is 0 Å². The van der Waals surface area contributed by atoms with Gasteiger partial charge in [0.15, 0.2) is 0 Å². The Labute approximate surface area is 69.3 Å². The first-order valence-electron chi connectivity index (χ1n) is 3.16. The summed E-state index contributed by atoms with van der Waals surface area (Å²) in [7, 11) is 0. The second-order valence-electron chi connectivity index (χ2n) is 2.09. The Hall–Kier alpha value is -1.32. The van der Waals surface area contributed by atoms with Crippen LogP contribution in [0.25, 0.3) is 0 Å². The van der Waals surface area contributed by atoms with Gasteiger partial charge in [0, 0.05) is 0 Å². The Morgan fingerprint density at radius 3 is 1.91 bits per heavy atom. The molecule has 0 bridgehead atoms. The summed E-state index contributed by atoms with van der Waals surface area (Å²) >= 11 is 1.54. The van der Waals surface area contributed by atoms with E-state index < -0.39 is 0 Å². The van der Waals surface area contributed by atoms with Crippen molar-refractivity contribution in [1.29, 1.82) is 10.5 Å². The fraction of sp³-hybridized carbons (Fsp3) is 0.250. The van der Waals surface area contributed by atoms with Crippen molar-refractivity contribution in [1.82, 2.24) is 0 Å². The average Bonchev–Trinajstić information content (AvgIpc) is 2.39. The molecule has 0 aliphatic carbocycles. The molecule has 0 atom stereocenters. The third kappa shape index (κ3) is 1.80. The van der Waals surface area contributed by atoms with E-state index in [0.29, 0.717) is 12.8 Å². The number of thiophene rings is 1. The van der Waals surface area contributed by atoms with E-state index in [-0.39, 0.29) is 0 Å². The molecule has 0 amide bonds. The molecule has 3 heteroatoms. The molecule has 0 saturated carbocycles. The maximum atomic E-state index is 8.40. The molecule has 0 saturated heterocycles. The summed E-state index contributed by atoms with van der Waals surface area (Å²) in [6.45, 7) is 0. The Bertz CT molecular complexity index is 283. The maximum Gasteiger partial charge on any atom is 0.0670 e. The van der Waals surface area contributed by atoms with Gasteiger partial charge in [-0.05, 0) is 21.9 Å². The summed E-state index contributed by atoms with van der Waals surface area (Å²) in [5, 5.41) is 20.7. The predicted octanol–water partition coefficient (Wildman–Crippen LogP) is 1.88. The van der Waals surface area contributed by atoms with Crippen molar-refractivity contribution in [3.8, 4) is 12.1 Å². The third-order valence-corrected chi connectivity index (χ3v) is 2.21. The van der Waals surface area contributed by atoms with Gasteiger partial charge in [0.25, 0.3) is 0 Å². The smallest absolute Gasteiger partial charge is 0.0670 e. The van der Waals surface area contributed by atoms with Gasteiger partial charge in [-0.25, -0.2) is 0 Å². The normalized spacial score (nSPS) is 8.55. The molecule has 0 spiro atoms. The molecule has 0 fully saturated rings. The molecule has 0 radical (unpaired) electrons. The summed E-state index contributed by atoms with van der Waals surface area (Å²) in [4.78, 5) is 0. The van der Waals surface area contributed by atoms with E-state index in [1.807, 2.05) is 10.8 Å². The minimum Gasteiger partial charge on any atom is -0.198 e. The first-order valence-corrected chi connectivity index (χ1v) is 4.10. The first kappa shape index (κ1) is 7.78. The standard InChI is InChI=1S/C8H6N2S/c9-3-1-7-5-11-6-8(7)2-4-10/h5-6H,1-2H2. The van der Waals surface area contributed by atoms with Crippen LogP contribution in [0, 0.1) is 22.7 Å². The van der Waals surface area contributed by atoms with Gasteiger partial charge in [-0.15, -0.1) is 0 Å². The number of nitrogens with zero attached hydrogens (tertiary/aromatic N) is 2. The van der Waals surface area contributed by atoms with E-state index in [0.717, 1.165) is 11.1 Å². The Kier molecular flexibility index (Phi) is 2.66. The summed E-state index contributed by atoms with van der Waals surface area (Å²) in [6.07, 6.45) is 0.834. The molecule has 1 aromatic heterocycles. The fourth-order valence-corrected chi connectivity index (χ4v) is 1.70. The highest BCUT2D eigenvalue weighted by Gasteiger charge is 2.01. The summed E-state index contributed by atoms with van der Waals surface area (Å²) in [5.74, 6) is 0. The molecule has 1 rings (SSSR count). The van der Waals surface area contributed by atoms with E-state index in [1.165, 1.54) is 0 Å². The Morgan fingerprint density at radius 1 is 1.09 bits per heavy atom. The van der Waals surface area contributed by atoms with Crippen LogP contribution in [0.15, 0.2) is 10.8 Å². The van der Waals surface area contributed by atoms with Gasteiger partial charge in [-0.2, -0.15) is 21.9 Å². The third-order valence-electron chi connectivity index (χ3n) is 1.37. The second-order valence-corrected chi connectivity index (χ2v) is 2.84. The fourth-order valence-electron chi connectivity index (χ4n) is 0.830. The van der Waals surface area contributed by atoms with Crippen molar-refractivity contribution in [3.05, 3.63) is 21.9 Å². The molecular weight excluding hydrogens is 156 g/mol. The van der Waals surface area contributed by atoms with Crippen molar-refractivity contribution in [2.45, 2.75) is 12.8 Å². The minimum absolute atomic E-state index is 0.417. The molecular formula is C8H6N2S. The quantitative estimate of drug-likeness (QED) is 0.666. The van der Waals surface area contributed by atoms with E-state index in [2.05, 4.69) is 12.1 Å². The van der Waals surface area contributed by atoms with Crippen molar-refractivity contribution in [2.75, 3.05) is 0 Å². The van der Waals surface area contributed by atoms with Crippen LogP contribution < -0.4 is 0 Å². The van der Waals surface area contributed by atoms with Crippen LogP contribution in [0.1, 0.15) is 11.1 Å². The molecule has 1 aromatic rings. The SMILES string of the molecule is N#CCc1cscc1CC#N. The van der Waals surface area contributed by atoms with Gasteiger partial charge in [-0.1, -0.05) is 0 Å². The van der Waals surface area contributed by atoms with Crippen molar-refractivity contribution >= 4 is 11.3 Å². The lowest BCUT2D eigenvalue weighted by Crippen LogP contribution is -1.85. The zero-order chi connectivity index (χ0) is 8.10. The van der Waals surface area contributed by atoms with Crippen LogP contribution in [-0.2, 0) is 12.8 Å². The monoisotopic (exact) mass is 162 g/mol. The zero-order valence-corrected chi connectivity index (χ0v) is 6.69. The number of hydrogen-bond acceptors (Lipinski definition) is 3. The molecule has 0 unspecified atom stereocenters. The molecule has 11 heavy (non-hydrogen) atoms. The van der Waals surface area contributed by atoms with Crippen LogP contribution >= 0.6 is 11.3 Å². The molecule has 2 nitrogen and oxygen atoms in total. The predicted molar refractivity (Wildman–Crippen MR) is 43.0 cm³/mol. The molecule has 0 aliphatic heterocycles. The van der Waals surface area contributed by atoms with Crippen LogP contribution in [0.3, 0.4) is 0 Å². The van der Waals surface area contributed by atoms with Crippen molar-refractivity contribution in [3.63, 3.8) is 0 Å². The minimum atomic E-state index is 0.417. The first-order chi connectivity index (χ1) is 5.38. The topological polar surface area (TPSA) is 47.6 Å². The van der Waals surface area contributed by atoms with E-state index in [4.69, 9.17) is 10.5 Å². The van der Waals surface area contributed by atoms with Gasteiger partial charge in [0.2, 0.25) is 0 Å². The van der Waals surface area contributed by atoms with Crippen LogP contribution in [0.4, 0.5) is 0 Å². The second kappa shape index (κ2) is 3.75. The summed E-state index contributed by atoms with van der Waals surface area (Å²) in [5.41, 5.74) is 2.00. The van der Waals surface area contributed by atoms with E-state index in [9.17, 15) is 0 Å². The highest BCUT2D eigenvalue weighted by atomic mass is 32.1. The van der Waals surface area contributed by atoms with Crippen LogP contribution in [0.5, 0.6) is 0 Å². The lowest BCUT2D eigenvalue weighted by atomic mass is 10.1. The summed E-state index contributed by atoms with van der Waals surface area (Å²) < 4.78 is 0. The Morgan fingerprint density at radius 2 is 1.55 bits per heavy atom. The largest absolute Gasteiger partial charge is 0.198 e. The maximum absolute atomic E-state index is 8.40. The lowest BCUT2D eigenvalue weighted by molar-refractivity contribution is 1.18. The molecule has 0 aromatic carbocycles.